The minimum atomic E-state index is -0.353. The summed E-state index contributed by atoms with van der Waals surface area (Å²) in [6, 6.07) is 18.0. The van der Waals surface area contributed by atoms with Crippen LogP contribution in [-0.2, 0) is 4.74 Å². The predicted octanol–water partition coefficient (Wildman–Crippen LogP) is 7.12. The van der Waals surface area contributed by atoms with Gasteiger partial charge in [-0.25, -0.2) is 4.79 Å². The van der Waals surface area contributed by atoms with E-state index in [0.717, 1.165) is 42.7 Å². The van der Waals surface area contributed by atoms with Crippen molar-refractivity contribution in [2.45, 2.75) is 70.8 Å². The van der Waals surface area contributed by atoms with Crippen molar-refractivity contribution in [3.63, 3.8) is 0 Å². The van der Waals surface area contributed by atoms with Gasteiger partial charge in [-0.15, -0.1) is 0 Å². The zero-order chi connectivity index (χ0) is 21.7. The van der Waals surface area contributed by atoms with Gasteiger partial charge in [0.1, 0.15) is 6.10 Å². The van der Waals surface area contributed by atoms with Crippen LogP contribution in [0.1, 0.15) is 64.7 Å². The van der Waals surface area contributed by atoms with Crippen LogP contribution in [0.2, 0.25) is 0 Å². The van der Waals surface area contributed by atoms with Gasteiger partial charge in [0.15, 0.2) is 0 Å². The molecule has 4 nitrogen and oxygen atoms in total. The van der Waals surface area contributed by atoms with E-state index in [0.29, 0.717) is 0 Å². The predicted molar refractivity (Wildman–Crippen MR) is 129 cm³/mol. The Balaban J connectivity index is 1.37. The summed E-state index contributed by atoms with van der Waals surface area (Å²) in [5.74, 6) is 0. The number of nitrogens with one attached hydrogen (secondary N) is 1. The van der Waals surface area contributed by atoms with Crippen LogP contribution in [0.4, 0.5) is 10.5 Å². The maximum Gasteiger partial charge on any atom is 0.411 e. The summed E-state index contributed by atoms with van der Waals surface area (Å²) in [6.07, 6.45) is 10.9. The Morgan fingerprint density at radius 1 is 0.903 bits per heavy atom. The maximum atomic E-state index is 12.5. The lowest BCUT2D eigenvalue weighted by Crippen LogP contribution is -2.38. The Morgan fingerprint density at radius 3 is 2.29 bits per heavy atom. The standard InChI is InChI=1S/C27H38N2O2/c1-2-3-4-5-6-7-13-20-29-21-18-24(19-22-29)31-27(30)28-26-17-12-11-16-25(26)23-14-9-8-10-15-23/h8-12,14-17,24H,2-7,13,18-22H2,1H3,(H,28,30). The molecule has 2 aromatic carbocycles. The molecular weight excluding hydrogens is 384 g/mol. The number of unbranched alkanes of at least 4 members (excludes halogenated alkanes) is 6. The fraction of sp³-hybridized carbons (Fsp3) is 0.519. The second-order valence-corrected chi connectivity index (χ2v) is 8.60. The van der Waals surface area contributed by atoms with Crippen molar-refractivity contribution < 1.29 is 9.53 Å². The number of anilines is 1. The summed E-state index contributed by atoms with van der Waals surface area (Å²) >= 11 is 0. The lowest BCUT2D eigenvalue weighted by atomic mass is 10.0. The number of amides is 1. The van der Waals surface area contributed by atoms with Gasteiger partial charge < -0.3 is 9.64 Å². The van der Waals surface area contributed by atoms with E-state index in [1.807, 2.05) is 54.6 Å². The highest BCUT2D eigenvalue weighted by atomic mass is 16.6. The number of para-hydroxylation sites is 1. The normalized spacial score (nSPS) is 15.0. The molecule has 3 rings (SSSR count). The SMILES string of the molecule is CCCCCCCCCN1CCC(OC(=O)Nc2ccccc2-c2ccccc2)CC1. The lowest BCUT2D eigenvalue weighted by molar-refractivity contribution is 0.0585. The van der Waals surface area contributed by atoms with Gasteiger partial charge in [-0.3, -0.25) is 5.32 Å². The summed E-state index contributed by atoms with van der Waals surface area (Å²) in [7, 11) is 0. The van der Waals surface area contributed by atoms with Gasteiger partial charge in [-0.2, -0.15) is 0 Å². The number of nitrogens with zero attached hydrogens (tertiary/aromatic N) is 1. The van der Waals surface area contributed by atoms with Crippen LogP contribution in [0.15, 0.2) is 54.6 Å². The van der Waals surface area contributed by atoms with E-state index >= 15 is 0 Å². The van der Waals surface area contributed by atoms with Gasteiger partial charge in [-0.05, 0) is 37.4 Å². The molecule has 1 fully saturated rings. The van der Waals surface area contributed by atoms with Crippen molar-refractivity contribution in [2.24, 2.45) is 0 Å². The maximum absolute atomic E-state index is 12.5. The molecule has 1 aliphatic rings. The van der Waals surface area contributed by atoms with Crippen LogP contribution < -0.4 is 5.32 Å². The van der Waals surface area contributed by atoms with E-state index in [2.05, 4.69) is 17.1 Å². The molecule has 0 aromatic heterocycles. The molecule has 1 N–H and O–H groups in total. The molecule has 31 heavy (non-hydrogen) atoms. The highest BCUT2D eigenvalue weighted by Crippen LogP contribution is 2.28. The van der Waals surface area contributed by atoms with E-state index in [1.165, 1.54) is 51.5 Å². The van der Waals surface area contributed by atoms with Crippen molar-refractivity contribution in [1.29, 1.82) is 0 Å². The smallest absolute Gasteiger partial charge is 0.411 e. The molecule has 1 saturated heterocycles. The first-order chi connectivity index (χ1) is 15.3. The zero-order valence-electron chi connectivity index (χ0n) is 19.0. The quantitative estimate of drug-likeness (QED) is 0.392. The number of ether oxygens (including phenoxy) is 1. The monoisotopic (exact) mass is 422 g/mol. The van der Waals surface area contributed by atoms with Crippen LogP contribution in [0, 0.1) is 0 Å². The number of benzene rings is 2. The number of hydrogen-bond acceptors (Lipinski definition) is 3. The average molecular weight is 423 g/mol. The Hall–Kier alpha value is -2.33. The van der Waals surface area contributed by atoms with Gasteiger partial charge in [-0.1, -0.05) is 94.0 Å². The van der Waals surface area contributed by atoms with Crippen molar-refractivity contribution in [2.75, 3.05) is 25.0 Å². The van der Waals surface area contributed by atoms with E-state index < -0.39 is 0 Å². The third-order valence-corrected chi connectivity index (χ3v) is 6.13. The highest BCUT2D eigenvalue weighted by Gasteiger charge is 2.22. The van der Waals surface area contributed by atoms with Crippen LogP contribution in [0.5, 0.6) is 0 Å². The molecule has 1 heterocycles. The Kier molecular flexibility index (Phi) is 9.91. The summed E-state index contributed by atoms with van der Waals surface area (Å²) in [5.41, 5.74) is 2.87. The lowest BCUT2D eigenvalue weighted by Gasteiger charge is -2.31. The second kappa shape index (κ2) is 13.2. The number of carbonyl (C=O) groups is 1. The van der Waals surface area contributed by atoms with E-state index in [9.17, 15) is 4.79 Å². The Bertz CT molecular complexity index is 770. The fourth-order valence-corrected chi connectivity index (χ4v) is 4.30. The summed E-state index contributed by atoms with van der Waals surface area (Å²) in [5, 5.41) is 2.96. The molecule has 1 amide bonds. The van der Waals surface area contributed by atoms with Gasteiger partial charge in [0.05, 0.1) is 5.69 Å². The molecule has 0 aliphatic carbocycles. The molecule has 1 aliphatic heterocycles. The van der Waals surface area contributed by atoms with Gasteiger partial charge >= 0.3 is 6.09 Å². The summed E-state index contributed by atoms with van der Waals surface area (Å²) < 4.78 is 5.74. The minimum Gasteiger partial charge on any atom is -0.446 e. The van der Waals surface area contributed by atoms with E-state index in [4.69, 9.17) is 4.74 Å². The summed E-state index contributed by atoms with van der Waals surface area (Å²) in [6.45, 7) is 5.49. The first-order valence-corrected chi connectivity index (χ1v) is 12.1. The van der Waals surface area contributed by atoms with Gasteiger partial charge in [0, 0.05) is 18.7 Å². The number of rotatable bonds is 11. The average Bonchev–Trinajstić information content (AvgIpc) is 2.80. The zero-order valence-corrected chi connectivity index (χ0v) is 19.0. The van der Waals surface area contributed by atoms with Gasteiger partial charge in [0.25, 0.3) is 0 Å². The molecule has 0 saturated carbocycles. The molecule has 4 heteroatoms. The van der Waals surface area contributed by atoms with Crippen molar-refractivity contribution in [3.05, 3.63) is 54.6 Å². The number of hydrogen-bond donors (Lipinski definition) is 1. The van der Waals surface area contributed by atoms with Crippen molar-refractivity contribution in [3.8, 4) is 11.1 Å². The summed E-state index contributed by atoms with van der Waals surface area (Å²) in [4.78, 5) is 15.0. The van der Waals surface area contributed by atoms with E-state index in [1.54, 1.807) is 0 Å². The molecule has 0 unspecified atom stereocenters. The minimum absolute atomic E-state index is 0.00850. The van der Waals surface area contributed by atoms with E-state index in [-0.39, 0.29) is 12.2 Å². The second-order valence-electron chi connectivity index (χ2n) is 8.60. The van der Waals surface area contributed by atoms with Crippen LogP contribution in [-0.4, -0.2) is 36.7 Å². The molecule has 2 aromatic rings. The first kappa shape index (κ1) is 23.3. The number of carbonyl (C=O) groups excluding carboxylic acids is 1. The van der Waals surface area contributed by atoms with Crippen molar-refractivity contribution in [1.82, 2.24) is 4.90 Å². The third-order valence-electron chi connectivity index (χ3n) is 6.13. The van der Waals surface area contributed by atoms with Crippen LogP contribution >= 0.6 is 0 Å². The largest absolute Gasteiger partial charge is 0.446 e. The highest BCUT2D eigenvalue weighted by molar-refractivity contribution is 5.91. The van der Waals surface area contributed by atoms with Gasteiger partial charge in [0.2, 0.25) is 0 Å². The molecule has 0 radical (unpaired) electrons. The Morgan fingerprint density at radius 2 is 1.55 bits per heavy atom. The third kappa shape index (κ3) is 8.02. The first-order valence-electron chi connectivity index (χ1n) is 12.1. The topological polar surface area (TPSA) is 41.6 Å². The molecule has 0 atom stereocenters. The van der Waals surface area contributed by atoms with Crippen LogP contribution in [0.25, 0.3) is 11.1 Å². The number of piperidine rings is 1. The van der Waals surface area contributed by atoms with Crippen molar-refractivity contribution >= 4 is 11.8 Å². The molecular formula is C27H38N2O2. The Labute approximate surface area is 188 Å². The molecule has 168 valence electrons. The van der Waals surface area contributed by atoms with Crippen LogP contribution in [0.3, 0.4) is 0 Å². The molecule has 0 spiro atoms. The molecule has 0 bridgehead atoms. The number of likely N-dealkylation sites (tertiary alicyclic amines) is 1. The fourth-order valence-electron chi connectivity index (χ4n) is 4.30.